The minimum Gasteiger partial charge on any atom is -0.325 e. The normalized spacial score (nSPS) is 10.3. The summed E-state index contributed by atoms with van der Waals surface area (Å²) in [6.07, 6.45) is 0. The van der Waals surface area contributed by atoms with E-state index < -0.39 is 0 Å². The van der Waals surface area contributed by atoms with Crippen LogP contribution in [-0.2, 0) is 4.79 Å². The van der Waals surface area contributed by atoms with E-state index in [1.807, 2.05) is 37.3 Å². The first-order chi connectivity index (χ1) is 12.6. The Morgan fingerprint density at radius 3 is 2.77 bits per heavy atom. The fourth-order valence-corrected chi connectivity index (χ4v) is 3.04. The third-order valence-electron chi connectivity index (χ3n) is 3.43. The molecule has 0 saturated heterocycles. The lowest BCUT2D eigenvalue weighted by atomic mass is 10.2. The average molecular weight is 385 g/mol. The fraction of sp³-hybridized carbons (Fsp3) is 0.118. The third-order valence-corrected chi connectivity index (χ3v) is 4.66. The number of nitrogens with one attached hydrogen (secondary N) is 1. The van der Waals surface area contributed by atoms with E-state index in [0.29, 0.717) is 21.4 Å². The fourth-order valence-electron chi connectivity index (χ4n) is 2.13. The van der Waals surface area contributed by atoms with Crippen molar-refractivity contribution in [2.75, 3.05) is 11.1 Å². The molecule has 0 atom stereocenters. The van der Waals surface area contributed by atoms with Crippen LogP contribution in [0.15, 0.2) is 47.6 Å². The summed E-state index contributed by atoms with van der Waals surface area (Å²) in [6, 6.07) is 14.5. The summed E-state index contributed by atoms with van der Waals surface area (Å²) in [5.41, 5.74) is 2.84. The van der Waals surface area contributed by atoms with E-state index in [-0.39, 0.29) is 11.7 Å². The lowest BCUT2D eigenvalue weighted by Crippen LogP contribution is -2.14. The molecule has 3 rings (SSSR count). The van der Waals surface area contributed by atoms with Gasteiger partial charge in [0.25, 0.3) is 0 Å². The van der Waals surface area contributed by atoms with E-state index in [2.05, 4.69) is 20.8 Å². The highest BCUT2D eigenvalue weighted by Gasteiger charge is 2.12. The number of nitriles is 1. The van der Waals surface area contributed by atoms with Gasteiger partial charge in [-0.3, -0.25) is 4.79 Å². The van der Waals surface area contributed by atoms with Gasteiger partial charge in [0, 0.05) is 5.69 Å². The van der Waals surface area contributed by atoms with Crippen LogP contribution in [0.4, 0.5) is 5.69 Å². The number of amides is 1. The second-order valence-electron chi connectivity index (χ2n) is 5.35. The molecular weight excluding hydrogens is 372 g/mol. The SMILES string of the molecule is Cc1ccc(-n2nnnc2SCC(=O)Nc2ccc(C#N)c(Cl)c2)cc1. The molecule has 0 saturated carbocycles. The molecule has 0 aliphatic heterocycles. The van der Waals surface area contributed by atoms with Gasteiger partial charge in [-0.1, -0.05) is 41.1 Å². The van der Waals surface area contributed by atoms with E-state index in [4.69, 9.17) is 16.9 Å². The molecule has 0 spiro atoms. The molecule has 1 amide bonds. The number of nitrogens with zero attached hydrogens (tertiary/aromatic N) is 5. The molecule has 0 unspecified atom stereocenters. The number of anilines is 1. The first kappa shape index (κ1) is 17.9. The first-order valence-electron chi connectivity index (χ1n) is 7.54. The zero-order valence-electron chi connectivity index (χ0n) is 13.7. The maximum atomic E-state index is 12.1. The Labute approximate surface area is 159 Å². The van der Waals surface area contributed by atoms with Gasteiger partial charge in [0.2, 0.25) is 11.1 Å². The van der Waals surface area contributed by atoms with Gasteiger partial charge in [0.1, 0.15) is 6.07 Å². The minimum atomic E-state index is -0.228. The first-order valence-corrected chi connectivity index (χ1v) is 8.91. The van der Waals surface area contributed by atoms with Gasteiger partial charge in [0.15, 0.2) is 0 Å². The Morgan fingerprint density at radius 2 is 2.08 bits per heavy atom. The molecule has 130 valence electrons. The highest BCUT2D eigenvalue weighted by Crippen LogP contribution is 2.22. The predicted molar refractivity (Wildman–Crippen MR) is 99.4 cm³/mol. The Kier molecular flexibility index (Phi) is 5.51. The van der Waals surface area contributed by atoms with Gasteiger partial charge < -0.3 is 5.32 Å². The highest BCUT2D eigenvalue weighted by molar-refractivity contribution is 7.99. The summed E-state index contributed by atoms with van der Waals surface area (Å²) in [4.78, 5) is 12.1. The molecule has 1 aromatic heterocycles. The summed E-state index contributed by atoms with van der Waals surface area (Å²) < 4.78 is 1.58. The van der Waals surface area contributed by atoms with Crippen molar-refractivity contribution in [3.8, 4) is 11.8 Å². The molecule has 26 heavy (non-hydrogen) atoms. The smallest absolute Gasteiger partial charge is 0.234 e. The van der Waals surface area contributed by atoms with Crippen molar-refractivity contribution in [2.45, 2.75) is 12.1 Å². The predicted octanol–water partition coefficient (Wildman–Crippen LogP) is 3.23. The molecule has 2 aromatic carbocycles. The zero-order valence-corrected chi connectivity index (χ0v) is 15.3. The molecule has 9 heteroatoms. The molecule has 1 N–H and O–H groups in total. The Morgan fingerprint density at radius 1 is 1.31 bits per heavy atom. The van der Waals surface area contributed by atoms with Gasteiger partial charge in [-0.25, -0.2) is 0 Å². The Bertz CT molecular complexity index is 980. The van der Waals surface area contributed by atoms with Crippen molar-refractivity contribution >= 4 is 35.0 Å². The summed E-state index contributed by atoms with van der Waals surface area (Å²) >= 11 is 7.18. The van der Waals surface area contributed by atoms with Crippen molar-refractivity contribution in [1.29, 1.82) is 5.26 Å². The number of aromatic nitrogens is 4. The lowest BCUT2D eigenvalue weighted by molar-refractivity contribution is -0.113. The number of hydrogen-bond acceptors (Lipinski definition) is 6. The minimum absolute atomic E-state index is 0.129. The van der Waals surface area contributed by atoms with Crippen molar-refractivity contribution in [2.24, 2.45) is 0 Å². The van der Waals surface area contributed by atoms with E-state index in [1.165, 1.54) is 11.8 Å². The summed E-state index contributed by atoms with van der Waals surface area (Å²) in [5.74, 6) is -0.0987. The number of tetrazole rings is 1. The van der Waals surface area contributed by atoms with Crippen LogP contribution < -0.4 is 5.32 Å². The van der Waals surface area contributed by atoms with Crippen LogP contribution >= 0.6 is 23.4 Å². The van der Waals surface area contributed by atoms with Crippen molar-refractivity contribution in [3.05, 3.63) is 58.6 Å². The second-order valence-corrected chi connectivity index (χ2v) is 6.70. The summed E-state index contributed by atoms with van der Waals surface area (Å²) in [5, 5.41) is 24.0. The molecule has 0 aliphatic carbocycles. The highest BCUT2D eigenvalue weighted by atomic mass is 35.5. The van der Waals surface area contributed by atoms with Crippen molar-refractivity contribution in [3.63, 3.8) is 0 Å². The standard InChI is InChI=1S/C17H13ClN6OS/c1-11-2-6-14(7-3-11)24-17(21-22-23-24)26-10-16(25)20-13-5-4-12(9-19)15(18)8-13/h2-8H,10H2,1H3,(H,20,25). The molecule has 0 bridgehead atoms. The van der Waals surface area contributed by atoms with E-state index >= 15 is 0 Å². The van der Waals surface area contributed by atoms with Crippen molar-refractivity contribution in [1.82, 2.24) is 20.2 Å². The monoisotopic (exact) mass is 384 g/mol. The Hall–Kier alpha value is -2.89. The number of halogens is 1. The quantitative estimate of drug-likeness (QED) is 0.678. The summed E-state index contributed by atoms with van der Waals surface area (Å²) in [7, 11) is 0. The molecule has 0 radical (unpaired) electrons. The van der Waals surface area contributed by atoms with E-state index in [0.717, 1.165) is 11.3 Å². The van der Waals surface area contributed by atoms with Crippen molar-refractivity contribution < 1.29 is 4.79 Å². The van der Waals surface area contributed by atoms with Gasteiger partial charge >= 0.3 is 0 Å². The lowest BCUT2D eigenvalue weighted by Gasteiger charge is -2.07. The maximum absolute atomic E-state index is 12.1. The number of benzene rings is 2. The largest absolute Gasteiger partial charge is 0.325 e. The average Bonchev–Trinajstić information content (AvgIpc) is 3.09. The van der Waals surface area contributed by atoms with Crippen LogP contribution in [0.3, 0.4) is 0 Å². The molecule has 3 aromatic rings. The number of thioether (sulfide) groups is 1. The van der Waals surface area contributed by atoms with E-state index in [1.54, 1.807) is 22.9 Å². The second kappa shape index (κ2) is 7.99. The van der Waals surface area contributed by atoms with Crippen LogP contribution in [-0.4, -0.2) is 31.9 Å². The van der Waals surface area contributed by atoms with Crippen LogP contribution in [0, 0.1) is 18.3 Å². The van der Waals surface area contributed by atoms with Crippen LogP contribution in [0.1, 0.15) is 11.1 Å². The molecule has 0 aliphatic rings. The van der Waals surface area contributed by atoms with Gasteiger partial charge in [-0.2, -0.15) is 9.94 Å². The number of hydrogen-bond donors (Lipinski definition) is 1. The molecule has 1 heterocycles. The number of aryl methyl sites for hydroxylation is 1. The van der Waals surface area contributed by atoms with Gasteiger partial charge in [-0.15, -0.1) is 5.10 Å². The maximum Gasteiger partial charge on any atom is 0.234 e. The number of carbonyl (C=O) groups is 1. The number of carbonyl (C=O) groups excluding carboxylic acids is 1. The molecular formula is C17H13ClN6OS. The van der Waals surface area contributed by atoms with Crippen LogP contribution in [0.25, 0.3) is 5.69 Å². The van der Waals surface area contributed by atoms with E-state index in [9.17, 15) is 4.79 Å². The van der Waals surface area contributed by atoms with Gasteiger partial charge in [0.05, 0.1) is 22.0 Å². The summed E-state index contributed by atoms with van der Waals surface area (Å²) in [6.45, 7) is 2.00. The van der Waals surface area contributed by atoms with Crippen LogP contribution in [0.5, 0.6) is 0 Å². The number of rotatable bonds is 5. The van der Waals surface area contributed by atoms with Crippen LogP contribution in [0.2, 0.25) is 5.02 Å². The molecule has 0 fully saturated rings. The topological polar surface area (TPSA) is 96.5 Å². The zero-order chi connectivity index (χ0) is 18.5. The third kappa shape index (κ3) is 4.20. The Balaban J connectivity index is 1.64. The molecule has 7 nitrogen and oxygen atoms in total. The van der Waals surface area contributed by atoms with Gasteiger partial charge in [-0.05, 0) is 47.7 Å².